The van der Waals surface area contributed by atoms with Crippen molar-refractivity contribution >= 4 is 44.6 Å². The first-order valence-electron chi connectivity index (χ1n) is 5.91. The summed E-state index contributed by atoms with van der Waals surface area (Å²) in [5, 5.41) is 12.0. The molecule has 0 aliphatic rings. The number of hydrogen-bond acceptors (Lipinski definition) is 5. The van der Waals surface area contributed by atoms with Crippen LogP contribution in [0.25, 0.3) is 0 Å². The highest BCUT2D eigenvalue weighted by atomic mass is 35.5. The molecule has 0 fully saturated rings. The molecular formula is C12H12Cl2N2O3S2. The molecule has 0 amide bonds. The molecule has 0 radical (unpaired) electrons. The van der Waals surface area contributed by atoms with E-state index in [1.54, 1.807) is 6.20 Å². The third kappa shape index (κ3) is 3.94. The maximum Gasteiger partial charge on any atom is 0.242 e. The number of aliphatic hydroxyl groups excluding tert-OH is 1. The van der Waals surface area contributed by atoms with E-state index in [1.807, 2.05) is 5.38 Å². The maximum atomic E-state index is 12.2. The highest BCUT2D eigenvalue weighted by Crippen LogP contribution is 2.30. The van der Waals surface area contributed by atoms with Crippen LogP contribution in [0.15, 0.2) is 28.6 Å². The molecule has 2 rings (SSSR count). The number of rotatable bonds is 6. The van der Waals surface area contributed by atoms with Gasteiger partial charge in [-0.25, -0.2) is 18.1 Å². The molecule has 0 spiro atoms. The van der Waals surface area contributed by atoms with Gasteiger partial charge in [0.15, 0.2) is 0 Å². The Morgan fingerprint density at radius 2 is 2.10 bits per heavy atom. The minimum atomic E-state index is -3.77. The van der Waals surface area contributed by atoms with Gasteiger partial charge in [0.1, 0.15) is 4.90 Å². The molecule has 2 aromatic rings. The molecule has 5 nitrogen and oxygen atoms in total. The second-order valence-corrected chi connectivity index (χ2v) is 7.57. The van der Waals surface area contributed by atoms with Crippen molar-refractivity contribution in [3.05, 3.63) is 44.3 Å². The number of aliphatic hydroxyl groups is 1. The first-order chi connectivity index (χ1) is 9.95. The standard InChI is InChI=1S/C12H12Cl2N2O3S2/c13-9-1-2-10(12(14)8(9)7-17)21(18,19)16-4-3-11-15-5-6-20-11/h1-2,5-6,16-17H,3-4,7H2. The van der Waals surface area contributed by atoms with E-state index in [1.165, 1.54) is 23.5 Å². The normalized spacial score (nSPS) is 11.8. The zero-order valence-electron chi connectivity index (χ0n) is 10.7. The topological polar surface area (TPSA) is 79.3 Å². The number of halogens is 2. The van der Waals surface area contributed by atoms with Gasteiger partial charge in [0.05, 0.1) is 16.6 Å². The van der Waals surface area contributed by atoms with Crippen LogP contribution >= 0.6 is 34.5 Å². The lowest BCUT2D eigenvalue weighted by atomic mass is 10.2. The Labute approximate surface area is 136 Å². The van der Waals surface area contributed by atoms with E-state index >= 15 is 0 Å². The van der Waals surface area contributed by atoms with Crippen LogP contribution in [-0.4, -0.2) is 25.1 Å². The molecule has 2 N–H and O–H groups in total. The zero-order valence-corrected chi connectivity index (χ0v) is 13.9. The van der Waals surface area contributed by atoms with Crippen LogP contribution in [0, 0.1) is 0 Å². The lowest BCUT2D eigenvalue weighted by Crippen LogP contribution is -2.26. The van der Waals surface area contributed by atoms with Crippen LogP contribution in [0.5, 0.6) is 0 Å². The first-order valence-corrected chi connectivity index (χ1v) is 9.03. The van der Waals surface area contributed by atoms with E-state index in [0.29, 0.717) is 6.42 Å². The molecule has 0 atom stereocenters. The third-order valence-electron chi connectivity index (χ3n) is 2.71. The predicted molar refractivity (Wildman–Crippen MR) is 83.4 cm³/mol. The number of hydrogen-bond donors (Lipinski definition) is 2. The molecule has 0 saturated carbocycles. The largest absolute Gasteiger partial charge is 0.392 e. The average Bonchev–Trinajstić information content (AvgIpc) is 2.92. The Balaban J connectivity index is 2.16. The van der Waals surface area contributed by atoms with Gasteiger partial charge in [0, 0.05) is 35.1 Å². The molecule has 114 valence electrons. The molecule has 0 aliphatic carbocycles. The summed E-state index contributed by atoms with van der Waals surface area (Å²) in [6.45, 7) is -0.219. The van der Waals surface area contributed by atoms with Gasteiger partial charge >= 0.3 is 0 Å². The van der Waals surface area contributed by atoms with Gasteiger partial charge in [0.25, 0.3) is 0 Å². The van der Waals surface area contributed by atoms with Gasteiger partial charge in [-0.1, -0.05) is 23.2 Å². The number of benzene rings is 1. The minimum absolute atomic E-state index is 0.0632. The van der Waals surface area contributed by atoms with Crippen LogP contribution in [0.1, 0.15) is 10.6 Å². The fraction of sp³-hybridized carbons (Fsp3) is 0.250. The molecule has 1 aromatic carbocycles. The van der Waals surface area contributed by atoms with E-state index in [-0.39, 0.29) is 27.0 Å². The lowest BCUT2D eigenvalue weighted by molar-refractivity contribution is 0.281. The second kappa shape index (κ2) is 7.04. The molecule has 0 aliphatic heterocycles. The molecule has 1 aromatic heterocycles. The summed E-state index contributed by atoms with van der Waals surface area (Å²) in [5.74, 6) is 0. The Morgan fingerprint density at radius 1 is 1.33 bits per heavy atom. The van der Waals surface area contributed by atoms with Crippen LogP contribution in [0.4, 0.5) is 0 Å². The summed E-state index contributed by atoms with van der Waals surface area (Å²) in [7, 11) is -3.77. The average molecular weight is 367 g/mol. The summed E-state index contributed by atoms with van der Waals surface area (Å²) in [4.78, 5) is 3.97. The van der Waals surface area contributed by atoms with E-state index in [0.717, 1.165) is 5.01 Å². The Kier molecular flexibility index (Phi) is 5.59. The Hall–Kier alpha value is -0.700. The van der Waals surface area contributed by atoms with E-state index in [9.17, 15) is 13.5 Å². The zero-order chi connectivity index (χ0) is 15.5. The number of aromatic nitrogens is 1. The summed E-state index contributed by atoms with van der Waals surface area (Å²) in [6, 6.07) is 2.71. The van der Waals surface area contributed by atoms with Crippen molar-refractivity contribution in [2.75, 3.05) is 6.54 Å². The van der Waals surface area contributed by atoms with Crippen LogP contribution in [-0.2, 0) is 23.1 Å². The SMILES string of the molecule is O=S(=O)(NCCc1nccs1)c1ccc(Cl)c(CO)c1Cl. The molecular weight excluding hydrogens is 355 g/mol. The third-order valence-corrected chi connectivity index (χ3v) is 5.95. The van der Waals surface area contributed by atoms with Crippen LogP contribution in [0.3, 0.4) is 0 Å². The highest BCUT2D eigenvalue weighted by molar-refractivity contribution is 7.89. The monoisotopic (exact) mass is 366 g/mol. The van der Waals surface area contributed by atoms with Gasteiger partial charge in [-0.2, -0.15) is 0 Å². The number of thiazole rings is 1. The van der Waals surface area contributed by atoms with Crippen molar-refractivity contribution in [3.63, 3.8) is 0 Å². The molecule has 1 heterocycles. The summed E-state index contributed by atoms with van der Waals surface area (Å²) < 4.78 is 26.9. The van der Waals surface area contributed by atoms with E-state index < -0.39 is 16.6 Å². The van der Waals surface area contributed by atoms with E-state index in [4.69, 9.17) is 23.2 Å². The van der Waals surface area contributed by atoms with Crippen molar-refractivity contribution < 1.29 is 13.5 Å². The number of nitrogens with zero attached hydrogens (tertiary/aromatic N) is 1. The summed E-state index contributed by atoms with van der Waals surface area (Å²) in [5.41, 5.74) is 0.195. The second-order valence-electron chi connectivity index (χ2n) is 4.07. The smallest absolute Gasteiger partial charge is 0.242 e. The molecule has 0 bridgehead atoms. The predicted octanol–water partition coefficient (Wildman–Crippen LogP) is 2.46. The molecule has 0 saturated heterocycles. The van der Waals surface area contributed by atoms with Gasteiger partial charge in [-0.3, -0.25) is 0 Å². The molecule has 0 unspecified atom stereocenters. The number of sulfonamides is 1. The van der Waals surface area contributed by atoms with Gasteiger partial charge in [0.2, 0.25) is 10.0 Å². The fourth-order valence-electron chi connectivity index (χ4n) is 1.68. The van der Waals surface area contributed by atoms with Crippen molar-refractivity contribution in [3.8, 4) is 0 Å². The summed E-state index contributed by atoms with van der Waals surface area (Å²) in [6.07, 6.45) is 2.16. The fourth-order valence-corrected chi connectivity index (χ4v) is 4.22. The van der Waals surface area contributed by atoms with Gasteiger partial charge in [-0.15, -0.1) is 11.3 Å². The van der Waals surface area contributed by atoms with Gasteiger partial charge < -0.3 is 5.11 Å². The van der Waals surface area contributed by atoms with E-state index in [2.05, 4.69) is 9.71 Å². The van der Waals surface area contributed by atoms with Crippen molar-refractivity contribution in [2.45, 2.75) is 17.9 Å². The quantitative estimate of drug-likeness (QED) is 0.822. The van der Waals surface area contributed by atoms with Crippen LogP contribution < -0.4 is 4.72 Å². The van der Waals surface area contributed by atoms with Crippen LogP contribution in [0.2, 0.25) is 10.0 Å². The highest BCUT2D eigenvalue weighted by Gasteiger charge is 2.21. The number of nitrogens with one attached hydrogen (secondary N) is 1. The Morgan fingerprint density at radius 3 is 2.71 bits per heavy atom. The first kappa shape index (κ1) is 16.7. The van der Waals surface area contributed by atoms with Crippen molar-refractivity contribution in [1.29, 1.82) is 0 Å². The minimum Gasteiger partial charge on any atom is -0.392 e. The molecule has 9 heteroatoms. The molecule has 21 heavy (non-hydrogen) atoms. The van der Waals surface area contributed by atoms with Crippen molar-refractivity contribution in [2.24, 2.45) is 0 Å². The Bertz CT molecular complexity index is 718. The van der Waals surface area contributed by atoms with Crippen molar-refractivity contribution in [1.82, 2.24) is 9.71 Å². The lowest BCUT2D eigenvalue weighted by Gasteiger charge is -2.11. The van der Waals surface area contributed by atoms with Gasteiger partial charge in [-0.05, 0) is 12.1 Å². The summed E-state index contributed by atoms with van der Waals surface area (Å²) >= 11 is 13.3. The maximum absolute atomic E-state index is 12.2.